The van der Waals surface area contributed by atoms with E-state index in [-0.39, 0.29) is 5.91 Å². The van der Waals surface area contributed by atoms with E-state index < -0.39 is 0 Å². The van der Waals surface area contributed by atoms with Gasteiger partial charge in [-0.3, -0.25) is 4.79 Å². The molecule has 2 heterocycles. The number of carbonyl (C=O) groups excluding carboxylic acids is 1. The monoisotopic (exact) mass is 315 g/mol. The fraction of sp³-hybridized carbons (Fsp3) is 0.438. The van der Waals surface area contributed by atoms with Crippen LogP contribution in [0, 0.1) is 0 Å². The van der Waals surface area contributed by atoms with E-state index in [0.717, 1.165) is 37.2 Å². The summed E-state index contributed by atoms with van der Waals surface area (Å²) in [5.74, 6) is -0.256. The lowest BCUT2D eigenvalue weighted by Crippen LogP contribution is -2.29. The summed E-state index contributed by atoms with van der Waals surface area (Å²) in [6.07, 6.45) is 3.73. The average molecular weight is 315 g/mol. The van der Waals surface area contributed by atoms with Crippen molar-refractivity contribution in [1.82, 2.24) is 20.3 Å². The number of hydrogen-bond donors (Lipinski definition) is 2. The third kappa shape index (κ3) is 3.75. The number of para-hydroxylation sites is 1. The summed E-state index contributed by atoms with van der Waals surface area (Å²) in [6.45, 7) is 2.38. The number of rotatable bonds is 5. The molecular formula is C16H21N5O2. The summed E-state index contributed by atoms with van der Waals surface area (Å²) in [4.78, 5) is 12.4. The lowest BCUT2D eigenvalue weighted by molar-refractivity contribution is 0.102. The maximum atomic E-state index is 12.4. The van der Waals surface area contributed by atoms with Gasteiger partial charge in [0.1, 0.15) is 0 Å². The van der Waals surface area contributed by atoms with Crippen molar-refractivity contribution >= 4 is 11.6 Å². The Kier molecular flexibility index (Phi) is 4.99. The zero-order valence-electron chi connectivity index (χ0n) is 13.2. The Morgan fingerprint density at radius 3 is 2.96 bits per heavy atom. The minimum atomic E-state index is -0.256. The molecule has 7 nitrogen and oxygen atoms in total. The Hall–Kier alpha value is -2.25. The number of nitrogens with one attached hydrogen (secondary N) is 2. The quantitative estimate of drug-likeness (QED) is 0.876. The molecule has 0 atom stereocenters. The molecule has 23 heavy (non-hydrogen) atoms. The van der Waals surface area contributed by atoms with Crippen LogP contribution in [0.1, 0.15) is 34.9 Å². The van der Waals surface area contributed by atoms with E-state index in [1.54, 1.807) is 18.0 Å². The van der Waals surface area contributed by atoms with Crippen LogP contribution in [0.3, 0.4) is 0 Å². The number of anilines is 1. The van der Waals surface area contributed by atoms with Crippen molar-refractivity contribution < 1.29 is 9.53 Å². The molecule has 3 rings (SSSR count). The van der Waals surface area contributed by atoms with E-state index in [9.17, 15) is 4.79 Å². The molecule has 7 heteroatoms. The molecular weight excluding hydrogens is 294 g/mol. The van der Waals surface area contributed by atoms with Gasteiger partial charge in [0.05, 0.1) is 18.8 Å². The highest BCUT2D eigenvalue weighted by Gasteiger charge is 2.19. The molecule has 0 aliphatic carbocycles. The van der Waals surface area contributed by atoms with Gasteiger partial charge in [-0.1, -0.05) is 23.4 Å². The summed E-state index contributed by atoms with van der Waals surface area (Å²) in [6, 6.07) is 7.87. The second-order valence-corrected chi connectivity index (χ2v) is 5.61. The summed E-state index contributed by atoms with van der Waals surface area (Å²) >= 11 is 0. The molecule has 1 aromatic heterocycles. The van der Waals surface area contributed by atoms with Gasteiger partial charge in [0.25, 0.3) is 5.91 Å². The Labute approximate surface area is 135 Å². The van der Waals surface area contributed by atoms with Crippen LogP contribution in [0.4, 0.5) is 5.69 Å². The molecule has 0 unspecified atom stereocenters. The third-order valence-corrected chi connectivity index (χ3v) is 3.99. The first kappa shape index (κ1) is 15.6. The molecule has 2 aromatic rings. The third-order valence-electron chi connectivity index (χ3n) is 3.99. The van der Waals surface area contributed by atoms with Crippen molar-refractivity contribution in [2.75, 3.05) is 25.5 Å². The van der Waals surface area contributed by atoms with E-state index in [2.05, 4.69) is 20.9 Å². The minimum Gasteiger partial charge on any atom is -0.380 e. The van der Waals surface area contributed by atoms with Crippen LogP contribution in [0.2, 0.25) is 0 Å². The van der Waals surface area contributed by atoms with Gasteiger partial charge in [-0.2, -0.15) is 0 Å². The van der Waals surface area contributed by atoms with Crippen molar-refractivity contribution in [3.05, 3.63) is 41.7 Å². The number of nitrogens with zero attached hydrogens (tertiary/aromatic N) is 3. The van der Waals surface area contributed by atoms with Crippen molar-refractivity contribution in [2.24, 2.45) is 0 Å². The number of hydrogen-bond acceptors (Lipinski definition) is 5. The highest BCUT2D eigenvalue weighted by Crippen LogP contribution is 2.19. The number of ether oxygens (including phenoxy) is 1. The second kappa shape index (κ2) is 7.34. The van der Waals surface area contributed by atoms with Crippen molar-refractivity contribution in [3.8, 4) is 0 Å². The zero-order chi connectivity index (χ0) is 16.1. The second-order valence-electron chi connectivity index (χ2n) is 5.61. The molecule has 1 fully saturated rings. The van der Waals surface area contributed by atoms with Crippen LogP contribution >= 0.6 is 0 Å². The molecule has 122 valence electrons. The molecule has 2 N–H and O–H groups in total. The highest BCUT2D eigenvalue weighted by atomic mass is 16.5. The first-order valence-corrected chi connectivity index (χ1v) is 7.78. The topological polar surface area (TPSA) is 81.1 Å². The number of benzene rings is 1. The van der Waals surface area contributed by atoms with Gasteiger partial charge in [0.2, 0.25) is 0 Å². The Morgan fingerprint density at radius 2 is 2.17 bits per heavy atom. The van der Waals surface area contributed by atoms with E-state index in [1.165, 1.54) is 0 Å². The molecule has 0 spiro atoms. The van der Waals surface area contributed by atoms with E-state index in [4.69, 9.17) is 4.74 Å². The number of amides is 1. The van der Waals surface area contributed by atoms with E-state index in [0.29, 0.717) is 18.3 Å². The number of carbonyl (C=O) groups is 1. The minimum absolute atomic E-state index is 0.256. The SMILES string of the molecule is COCc1ccccc1NC(=O)c1cn(C2CCNCC2)nn1. The molecule has 1 aliphatic rings. The zero-order valence-corrected chi connectivity index (χ0v) is 13.2. The van der Waals surface area contributed by atoms with Gasteiger partial charge < -0.3 is 15.4 Å². The average Bonchev–Trinajstić information content (AvgIpc) is 3.08. The Morgan fingerprint density at radius 1 is 1.39 bits per heavy atom. The molecule has 1 saturated heterocycles. The Bertz CT molecular complexity index is 664. The van der Waals surface area contributed by atoms with Gasteiger partial charge in [0, 0.05) is 18.4 Å². The van der Waals surface area contributed by atoms with Crippen molar-refractivity contribution in [2.45, 2.75) is 25.5 Å². The predicted molar refractivity (Wildman–Crippen MR) is 86.3 cm³/mol. The highest BCUT2D eigenvalue weighted by molar-refractivity contribution is 6.03. The molecule has 1 aliphatic heterocycles. The molecule has 1 amide bonds. The summed E-state index contributed by atoms with van der Waals surface area (Å²) in [7, 11) is 1.63. The van der Waals surface area contributed by atoms with Gasteiger partial charge in [-0.15, -0.1) is 5.10 Å². The van der Waals surface area contributed by atoms with Crippen LogP contribution in [0.25, 0.3) is 0 Å². The lowest BCUT2D eigenvalue weighted by atomic mass is 10.1. The molecule has 1 aromatic carbocycles. The lowest BCUT2D eigenvalue weighted by Gasteiger charge is -2.22. The van der Waals surface area contributed by atoms with Crippen LogP contribution in [0.5, 0.6) is 0 Å². The molecule has 0 saturated carbocycles. The van der Waals surface area contributed by atoms with Crippen LogP contribution in [0.15, 0.2) is 30.5 Å². The molecule has 0 bridgehead atoms. The summed E-state index contributed by atoms with van der Waals surface area (Å²) in [5.41, 5.74) is 1.99. The maximum Gasteiger partial charge on any atom is 0.277 e. The number of piperidine rings is 1. The summed E-state index contributed by atoms with van der Waals surface area (Å²) in [5, 5.41) is 14.3. The van der Waals surface area contributed by atoms with Gasteiger partial charge in [-0.05, 0) is 32.0 Å². The van der Waals surface area contributed by atoms with E-state index in [1.807, 2.05) is 24.3 Å². The van der Waals surface area contributed by atoms with Crippen LogP contribution < -0.4 is 10.6 Å². The first-order valence-electron chi connectivity index (χ1n) is 7.78. The van der Waals surface area contributed by atoms with Gasteiger partial charge >= 0.3 is 0 Å². The normalized spacial score (nSPS) is 15.5. The summed E-state index contributed by atoms with van der Waals surface area (Å²) < 4.78 is 6.95. The van der Waals surface area contributed by atoms with Gasteiger partial charge in [-0.25, -0.2) is 4.68 Å². The fourth-order valence-electron chi connectivity index (χ4n) is 2.74. The van der Waals surface area contributed by atoms with Crippen molar-refractivity contribution in [3.63, 3.8) is 0 Å². The maximum absolute atomic E-state index is 12.4. The largest absolute Gasteiger partial charge is 0.380 e. The standard InChI is InChI=1S/C16H21N5O2/c1-23-11-12-4-2-3-5-14(12)18-16(22)15-10-21(20-19-15)13-6-8-17-9-7-13/h2-5,10,13,17H,6-9,11H2,1H3,(H,18,22). The first-order chi connectivity index (χ1) is 11.3. The van der Waals surface area contributed by atoms with E-state index >= 15 is 0 Å². The smallest absolute Gasteiger partial charge is 0.277 e. The predicted octanol–water partition coefficient (Wildman–Crippen LogP) is 1.60. The Balaban J connectivity index is 1.70. The van der Waals surface area contributed by atoms with Crippen molar-refractivity contribution in [1.29, 1.82) is 0 Å². The molecule has 0 radical (unpaired) electrons. The van der Waals surface area contributed by atoms with Gasteiger partial charge in [0.15, 0.2) is 5.69 Å². The van der Waals surface area contributed by atoms with Crippen LogP contribution in [-0.4, -0.2) is 41.1 Å². The fourth-order valence-corrected chi connectivity index (χ4v) is 2.74. The van der Waals surface area contributed by atoms with Crippen LogP contribution in [-0.2, 0) is 11.3 Å². The number of aromatic nitrogens is 3. The number of methoxy groups -OCH3 is 1.